The Hall–Kier alpha value is -2.43. The summed E-state index contributed by atoms with van der Waals surface area (Å²) in [6.45, 7) is 2.49. The van der Waals surface area contributed by atoms with Gasteiger partial charge in [-0.15, -0.1) is 0 Å². The lowest BCUT2D eigenvalue weighted by molar-refractivity contribution is -0.141. The first-order valence-electron chi connectivity index (χ1n) is 12.6. The number of carbonyl (C=O) groups excluding carboxylic acids is 1. The molecule has 6 rings (SSSR count). The summed E-state index contributed by atoms with van der Waals surface area (Å²) in [5, 5.41) is 3.61. The molecule has 2 unspecified atom stereocenters. The number of nitrogens with one attached hydrogen (secondary N) is 1. The second-order valence-corrected chi connectivity index (χ2v) is 11.1. The average Bonchev–Trinajstić information content (AvgIpc) is 3.48. The van der Waals surface area contributed by atoms with Crippen molar-refractivity contribution in [1.82, 2.24) is 10.2 Å². The molecule has 1 aliphatic carbocycles. The number of likely N-dealkylation sites (tertiary alicyclic amines) is 1. The number of rotatable bonds is 3. The number of benzene rings is 3. The molecule has 1 spiro atoms. The molecule has 2 fully saturated rings. The lowest BCUT2D eigenvalue weighted by Gasteiger charge is -2.43. The molecule has 4 heteroatoms. The molecule has 4 atom stereocenters. The van der Waals surface area contributed by atoms with Crippen molar-refractivity contribution < 1.29 is 4.79 Å². The highest BCUT2D eigenvalue weighted by atomic mass is 79.9. The lowest BCUT2D eigenvalue weighted by Crippen LogP contribution is -2.49. The van der Waals surface area contributed by atoms with Gasteiger partial charge in [0.25, 0.3) is 0 Å². The van der Waals surface area contributed by atoms with E-state index in [9.17, 15) is 4.79 Å². The first-order valence-corrected chi connectivity index (χ1v) is 13.3. The number of hydrogen-bond donors (Lipinski definition) is 1. The Morgan fingerprint density at radius 2 is 1.71 bits per heavy atom. The third kappa shape index (κ3) is 3.72. The zero-order valence-electron chi connectivity index (χ0n) is 19.4. The summed E-state index contributed by atoms with van der Waals surface area (Å²) < 4.78 is 1.13. The van der Waals surface area contributed by atoms with Gasteiger partial charge in [-0.1, -0.05) is 82.7 Å². The van der Waals surface area contributed by atoms with Crippen molar-refractivity contribution in [2.45, 2.75) is 43.1 Å². The Kier molecular flexibility index (Phi) is 5.82. The SMILES string of the molecule is O=C(C1CNCC12CCc1cc(Br)ccc12)N1CC[C@@H](c2ccccc2)C[C@H]1c1ccccc1. The predicted molar refractivity (Wildman–Crippen MR) is 140 cm³/mol. The fourth-order valence-electron chi connectivity index (χ4n) is 6.82. The number of hydrogen-bond acceptors (Lipinski definition) is 2. The molecular weight excluding hydrogens is 484 g/mol. The molecule has 2 heterocycles. The first-order chi connectivity index (χ1) is 16.7. The molecule has 3 aliphatic rings. The molecule has 0 aromatic heterocycles. The van der Waals surface area contributed by atoms with E-state index in [-0.39, 0.29) is 17.4 Å². The number of fused-ring (bicyclic) bond motifs is 2. The Labute approximate surface area is 210 Å². The summed E-state index contributed by atoms with van der Waals surface area (Å²) in [5.41, 5.74) is 5.36. The van der Waals surface area contributed by atoms with Gasteiger partial charge in [0, 0.05) is 29.5 Å². The van der Waals surface area contributed by atoms with Crippen molar-refractivity contribution in [1.29, 1.82) is 0 Å². The highest BCUT2D eigenvalue weighted by Crippen LogP contribution is 2.49. The van der Waals surface area contributed by atoms with E-state index in [1.807, 2.05) is 0 Å². The smallest absolute Gasteiger partial charge is 0.228 e. The molecule has 3 nitrogen and oxygen atoms in total. The van der Waals surface area contributed by atoms with Crippen molar-refractivity contribution in [3.8, 4) is 0 Å². The van der Waals surface area contributed by atoms with Crippen LogP contribution in [0, 0.1) is 5.92 Å². The number of amides is 1. The molecule has 2 saturated heterocycles. The highest BCUT2D eigenvalue weighted by Gasteiger charge is 2.53. The molecule has 1 N–H and O–H groups in total. The fraction of sp³-hybridized carbons (Fsp3) is 0.367. The average molecular weight is 515 g/mol. The third-order valence-corrected chi connectivity index (χ3v) is 9.03. The largest absolute Gasteiger partial charge is 0.335 e. The van der Waals surface area contributed by atoms with E-state index >= 15 is 0 Å². The van der Waals surface area contributed by atoms with E-state index < -0.39 is 0 Å². The maximum Gasteiger partial charge on any atom is 0.228 e. The summed E-state index contributed by atoms with van der Waals surface area (Å²) >= 11 is 3.64. The number of piperidine rings is 1. The maximum absolute atomic E-state index is 14.3. The Bertz CT molecular complexity index is 1180. The minimum Gasteiger partial charge on any atom is -0.335 e. The molecule has 3 aromatic rings. The number of nitrogens with zero attached hydrogens (tertiary/aromatic N) is 1. The van der Waals surface area contributed by atoms with E-state index in [4.69, 9.17) is 0 Å². The van der Waals surface area contributed by atoms with Crippen LogP contribution in [0.1, 0.15) is 53.5 Å². The Morgan fingerprint density at radius 3 is 2.47 bits per heavy atom. The minimum atomic E-state index is -0.0787. The van der Waals surface area contributed by atoms with E-state index in [1.54, 1.807) is 0 Å². The van der Waals surface area contributed by atoms with Gasteiger partial charge in [-0.05, 0) is 66.0 Å². The zero-order valence-corrected chi connectivity index (χ0v) is 21.0. The van der Waals surface area contributed by atoms with Gasteiger partial charge in [0.05, 0.1) is 12.0 Å². The monoisotopic (exact) mass is 514 g/mol. The second-order valence-electron chi connectivity index (χ2n) is 10.2. The number of carbonyl (C=O) groups is 1. The standard InChI is InChI=1S/C30H31BrN2O/c31-25-11-12-26-24(17-25)13-15-30(26)20-32-19-27(30)29(34)33-16-14-23(21-7-3-1-4-8-21)18-28(33)22-9-5-2-6-10-22/h1-12,17,23,27-28,32H,13-16,18-20H2/t23-,27?,28+,30?/m1/s1. The molecule has 0 radical (unpaired) electrons. The van der Waals surface area contributed by atoms with Gasteiger partial charge in [0.2, 0.25) is 5.91 Å². The van der Waals surface area contributed by atoms with E-state index in [1.165, 1.54) is 22.3 Å². The molecule has 1 amide bonds. The molecular formula is C30H31BrN2O. The predicted octanol–water partition coefficient (Wildman–Crippen LogP) is 6.00. The van der Waals surface area contributed by atoms with Gasteiger partial charge < -0.3 is 10.2 Å². The summed E-state index contributed by atoms with van der Waals surface area (Å²) in [7, 11) is 0. The van der Waals surface area contributed by atoms with Gasteiger partial charge in [0.1, 0.15) is 0 Å². The minimum absolute atomic E-state index is 0.00517. The van der Waals surface area contributed by atoms with Gasteiger partial charge in [-0.3, -0.25) is 4.79 Å². The summed E-state index contributed by atoms with van der Waals surface area (Å²) in [5.74, 6) is 0.811. The van der Waals surface area contributed by atoms with Crippen LogP contribution < -0.4 is 5.32 Å². The molecule has 0 saturated carbocycles. The van der Waals surface area contributed by atoms with Crippen LogP contribution in [-0.2, 0) is 16.6 Å². The highest BCUT2D eigenvalue weighted by molar-refractivity contribution is 9.10. The van der Waals surface area contributed by atoms with Crippen LogP contribution in [-0.4, -0.2) is 30.4 Å². The van der Waals surface area contributed by atoms with Crippen LogP contribution in [0.25, 0.3) is 0 Å². The van der Waals surface area contributed by atoms with Crippen molar-refractivity contribution in [3.05, 3.63) is 106 Å². The molecule has 3 aromatic carbocycles. The van der Waals surface area contributed by atoms with E-state index in [2.05, 4.69) is 105 Å². The summed E-state index contributed by atoms with van der Waals surface area (Å²) in [4.78, 5) is 16.6. The van der Waals surface area contributed by atoms with Crippen LogP contribution in [0.2, 0.25) is 0 Å². The van der Waals surface area contributed by atoms with Crippen LogP contribution in [0.4, 0.5) is 0 Å². The van der Waals surface area contributed by atoms with E-state index in [0.717, 1.165) is 49.8 Å². The quantitative estimate of drug-likeness (QED) is 0.464. The van der Waals surface area contributed by atoms with Crippen molar-refractivity contribution in [3.63, 3.8) is 0 Å². The zero-order chi connectivity index (χ0) is 23.1. The van der Waals surface area contributed by atoms with Crippen molar-refractivity contribution in [2.24, 2.45) is 5.92 Å². The molecule has 174 valence electrons. The van der Waals surface area contributed by atoms with Crippen LogP contribution >= 0.6 is 15.9 Å². The lowest BCUT2D eigenvalue weighted by atomic mass is 9.72. The second kappa shape index (κ2) is 8.98. The summed E-state index contributed by atoms with van der Waals surface area (Å²) in [6.07, 6.45) is 4.11. The van der Waals surface area contributed by atoms with Crippen LogP contribution in [0.3, 0.4) is 0 Å². The normalized spacial score (nSPS) is 28.3. The van der Waals surface area contributed by atoms with Gasteiger partial charge in [-0.25, -0.2) is 0 Å². The van der Waals surface area contributed by atoms with Gasteiger partial charge >= 0.3 is 0 Å². The first kappa shape index (κ1) is 22.1. The number of halogens is 1. The fourth-order valence-corrected chi connectivity index (χ4v) is 7.23. The number of aryl methyl sites for hydroxylation is 1. The molecule has 2 aliphatic heterocycles. The molecule has 0 bridgehead atoms. The summed E-state index contributed by atoms with van der Waals surface area (Å²) in [6, 6.07) is 28.3. The maximum atomic E-state index is 14.3. The third-order valence-electron chi connectivity index (χ3n) is 8.54. The van der Waals surface area contributed by atoms with Crippen LogP contribution in [0.5, 0.6) is 0 Å². The van der Waals surface area contributed by atoms with Crippen molar-refractivity contribution in [2.75, 3.05) is 19.6 Å². The van der Waals surface area contributed by atoms with Gasteiger partial charge in [0.15, 0.2) is 0 Å². The van der Waals surface area contributed by atoms with Gasteiger partial charge in [-0.2, -0.15) is 0 Å². The Balaban J connectivity index is 1.33. The van der Waals surface area contributed by atoms with E-state index in [0.29, 0.717) is 11.8 Å². The van der Waals surface area contributed by atoms with Crippen LogP contribution in [0.15, 0.2) is 83.3 Å². The van der Waals surface area contributed by atoms with Crippen molar-refractivity contribution >= 4 is 21.8 Å². The Morgan fingerprint density at radius 1 is 0.971 bits per heavy atom. The topological polar surface area (TPSA) is 32.3 Å². The molecule has 34 heavy (non-hydrogen) atoms.